The van der Waals surface area contributed by atoms with Crippen molar-refractivity contribution >= 4 is 40.2 Å². The Morgan fingerprint density at radius 3 is 1.74 bits per heavy atom. The second-order valence-electron chi connectivity index (χ2n) is 13.3. The lowest BCUT2D eigenvalue weighted by molar-refractivity contribution is 0.402. The average Bonchev–Trinajstić information content (AvgIpc) is 3.16. The molecule has 0 N–H and O–H groups in total. The molecule has 3 heterocycles. The van der Waals surface area contributed by atoms with Gasteiger partial charge in [0.2, 0.25) is 0 Å². The number of anilines is 3. The standard InChI is InChI=1S/C37H30BNO3/c1-36(2)21-37(3,4)24-20-32-26(19-23(24)36)38-25-11-5-8-14-29(25)40-33-17-22(18-34(42-32)35(33)38)39-27-12-6-9-15-30(27)41-31-16-10-7-13-28(31)39/h5-20H,21H2,1-4H3. The molecule has 0 amide bonds. The van der Waals surface area contributed by atoms with Gasteiger partial charge in [0.1, 0.15) is 23.0 Å². The van der Waals surface area contributed by atoms with Crippen molar-refractivity contribution in [3.63, 3.8) is 0 Å². The maximum atomic E-state index is 6.90. The molecule has 204 valence electrons. The molecule has 42 heavy (non-hydrogen) atoms. The Balaban J connectivity index is 1.29. The summed E-state index contributed by atoms with van der Waals surface area (Å²) in [5.74, 6) is 5.15. The van der Waals surface area contributed by atoms with Crippen LogP contribution in [-0.4, -0.2) is 6.71 Å². The van der Waals surface area contributed by atoms with Gasteiger partial charge in [0, 0.05) is 17.6 Å². The molecule has 5 aromatic rings. The second kappa shape index (κ2) is 8.01. The van der Waals surface area contributed by atoms with E-state index in [1.807, 2.05) is 36.4 Å². The number of nitrogens with zero attached hydrogens (tertiary/aromatic N) is 1. The van der Waals surface area contributed by atoms with Crippen molar-refractivity contribution in [2.24, 2.45) is 0 Å². The zero-order valence-electron chi connectivity index (χ0n) is 24.2. The van der Waals surface area contributed by atoms with Crippen molar-refractivity contribution in [3.05, 3.63) is 108 Å². The van der Waals surface area contributed by atoms with Crippen LogP contribution in [0.4, 0.5) is 17.1 Å². The Kier molecular flexibility index (Phi) is 4.58. The Morgan fingerprint density at radius 1 is 0.548 bits per heavy atom. The Hall–Kier alpha value is -4.64. The van der Waals surface area contributed by atoms with Crippen LogP contribution >= 0.6 is 0 Å². The van der Waals surface area contributed by atoms with Crippen LogP contribution in [0.2, 0.25) is 0 Å². The van der Waals surface area contributed by atoms with Crippen LogP contribution in [0.15, 0.2) is 97.1 Å². The van der Waals surface area contributed by atoms with Gasteiger partial charge in [-0.3, -0.25) is 0 Å². The maximum Gasteiger partial charge on any atom is 0.260 e. The van der Waals surface area contributed by atoms with Crippen LogP contribution in [0.5, 0.6) is 34.5 Å². The van der Waals surface area contributed by atoms with E-state index in [0.717, 1.165) is 63.4 Å². The molecule has 4 aliphatic rings. The summed E-state index contributed by atoms with van der Waals surface area (Å²) in [4.78, 5) is 2.25. The van der Waals surface area contributed by atoms with E-state index in [4.69, 9.17) is 14.2 Å². The molecule has 0 bridgehead atoms. The van der Waals surface area contributed by atoms with Gasteiger partial charge in [-0.05, 0) is 75.7 Å². The topological polar surface area (TPSA) is 30.9 Å². The quantitative estimate of drug-likeness (QED) is 0.195. The van der Waals surface area contributed by atoms with Gasteiger partial charge in [-0.15, -0.1) is 0 Å². The van der Waals surface area contributed by atoms with Crippen molar-refractivity contribution in [2.75, 3.05) is 4.90 Å². The summed E-state index contributed by atoms with van der Waals surface area (Å²) >= 11 is 0. The van der Waals surface area contributed by atoms with E-state index in [-0.39, 0.29) is 17.5 Å². The van der Waals surface area contributed by atoms with Gasteiger partial charge < -0.3 is 19.1 Å². The minimum atomic E-state index is 0.0341. The van der Waals surface area contributed by atoms with Crippen LogP contribution in [-0.2, 0) is 10.8 Å². The smallest absolute Gasteiger partial charge is 0.260 e. The first-order valence-electron chi connectivity index (χ1n) is 14.8. The van der Waals surface area contributed by atoms with Gasteiger partial charge in [0.25, 0.3) is 6.71 Å². The van der Waals surface area contributed by atoms with Gasteiger partial charge in [-0.2, -0.15) is 0 Å². The lowest BCUT2D eigenvalue weighted by atomic mass is 9.34. The van der Waals surface area contributed by atoms with Gasteiger partial charge in [-0.1, -0.05) is 76.2 Å². The SMILES string of the molecule is CC1(C)CC(C)(C)c2cc3c(cc21)Oc1cc(N2c4ccccc4Oc4ccccc42)cc2c1B3c1ccccc1O2. The zero-order chi connectivity index (χ0) is 28.4. The average molecular weight is 547 g/mol. The summed E-state index contributed by atoms with van der Waals surface area (Å²) in [5.41, 5.74) is 9.43. The number of benzene rings is 5. The fourth-order valence-electron chi connectivity index (χ4n) is 8.01. The van der Waals surface area contributed by atoms with Crippen LogP contribution in [0.25, 0.3) is 0 Å². The van der Waals surface area contributed by atoms with E-state index in [1.54, 1.807) is 0 Å². The van der Waals surface area contributed by atoms with E-state index in [1.165, 1.54) is 22.1 Å². The minimum absolute atomic E-state index is 0.0341. The highest BCUT2D eigenvalue weighted by Crippen LogP contribution is 2.53. The van der Waals surface area contributed by atoms with Crippen LogP contribution < -0.4 is 35.5 Å². The lowest BCUT2D eigenvalue weighted by Crippen LogP contribution is -2.57. The van der Waals surface area contributed by atoms with Crippen molar-refractivity contribution in [2.45, 2.75) is 44.9 Å². The van der Waals surface area contributed by atoms with Crippen molar-refractivity contribution in [1.82, 2.24) is 0 Å². The summed E-state index contributed by atoms with van der Waals surface area (Å²) in [6.45, 7) is 9.50. The molecular weight excluding hydrogens is 517 g/mol. The Labute approximate surface area is 246 Å². The normalized spacial score (nSPS) is 17.3. The molecule has 3 aliphatic heterocycles. The van der Waals surface area contributed by atoms with Gasteiger partial charge >= 0.3 is 0 Å². The van der Waals surface area contributed by atoms with E-state index in [2.05, 4.69) is 93.3 Å². The predicted octanol–water partition coefficient (Wildman–Crippen LogP) is 7.95. The van der Waals surface area contributed by atoms with Gasteiger partial charge in [0.15, 0.2) is 11.5 Å². The highest BCUT2D eigenvalue weighted by molar-refractivity contribution is 6.98. The van der Waals surface area contributed by atoms with Crippen molar-refractivity contribution in [1.29, 1.82) is 0 Å². The number of para-hydroxylation sites is 5. The molecule has 0 radical (unpaired) electrons. The molecule has 0 saturated heterocycles. The summed E-state index contributed by atoms with van der Waals surface area (Å²) < 4.78 is 19.9. The first kappa shape index (κ1) is 24.0. The number of ether oxygens (including phenoxy) is 3. The molecule has 4 nitrogen and oxygen atoms in total. The van der Waals surface area contributed by atoms with E-state index >= 15 is 0 Å². The van der Waals surface area contributed by atoms with E-state index in [0.29, 0.717) is 0 Å². The molecule has 0 fully saturated rings. The minimum Gasteiger partial charge on any atom is -0.458 e. The third-order valence-electron chi connectivity index (χ3n) is 9.54. The second-order valence-corrected chi connectivity index (χ2v) is 13.3. The van der Waals surface area contributed by atoms with Gasteiger partial charge in [0.05, 0.1) is 17.1 Å². The molecule has 0 saturated carbocycles. The third kappa shape index (κ3) is 3.19. The number of hydrogen-bond donors (Lipinski definition) is 0. The molecule has 5 heteroatoms. The van der Waals surface area contributed by atoms with Crippen LogP contribution in [0, 0.1) is 0 Å². The third-order valence-corrected chi connectivity index (χ3v) is 9.54. The highest BCUT2D eigenvalue weighted by Gasteiger charge is 2.46. The fourth-order valence-corrected chi connectivity index (χ4v) is 8.01. The molecule has 0 atom stereocenters. The van der Waals surface area contributed by atoms with Crippen LogP contribution in [0.1, 0.15) is 45.2 Å². The van der Waals surface area contributed by atoms with E-state index in [9.17, 15) is 0 Å². The predicted molar refractivity (Wildman–Crippen MR) is 170 cm³/mol. The largest absolute Gasteiger partial charge is 0.458 e. The first-order valence-corrected chi connectivity index (χ1v) is 14.8. The zero-order valence-corrected chi connectivity index (χ0v) is 24.2. The van der Waals surface area contributed by atoms with Crippen molar-refractivity contribution in [3.8, 4) is 34.5 Å². The van der Waals surface area contributed by atoms with E-state index < -0.39 is 0 Å². The molecule has 0 aromatic heterocycles. The lowest BCUT2D eigenvalue weighted by Gasteiger charge is -2.37. The summed E-state index contributed by atoms with van der Waals surface area (Å²) in [6, 6.07) is 33.9. The molecule has 0 unspecified atom stereocenters. The maximum absolute atomic E-state index is 6.90. The summed E-state index contributed by atoms with van der Waals surface area (Å²) in [5, 5.41) is 0. The summed E-state index contributed by atoms with van der Waals surface area (Å²) in [7, 11) is 0. The van der Waals surface area contributed by atoms with Crippen LogP contribution in [0.3, 0.4) is 0 Å². The molecule has 9 rings (SSSR count). The molecular formula is C37H30BNO3. The molecule has 1 aliphatic carbocycles. The summed E-state index contributed by atoms with van der Waals surface area (Å²) in [6.07, 6.45) is 1.11. The number of hydrogen-bond acceptors (Lipinski definition) is 4. The monoisotopic (exact) mass is 547 g/mol. The number of fused-ring (bicyclic) bond motifs is 7. The highest BCUT2D eigenvalue weighted by atomic mass is 16.5. The Bertz CT molecular complexity index is 1930. The molecule has 5 aromatic carbocycles. The molecule has 0 spiro atoms. The Morgan fingerprint density at radius 2 is 1.07 bits per heavy atom. The van der Waals surface area contributed by atoms with Gasteiger partial charge in [-0.25, -0.2) is 0 Å². The fraction of sp³-hybridized carbons (Fsp3) is 0.189. The number of rotatable bonds is 1. The van der Waals surface area contributed by atoms with Crippen molar-refractivity contribution < 1.29 is 14.2 Å². The first-order chi connectivity index (χ1) is 20.3.